The summed E-state index contributed by atoms with van der Waals surface area (Å²) in [4.78, 5) is 12.9. The number of hydrogen-bond donors (Lipinski definition) is 1. The van der Waals surface area contributed by atoms with Gasteiger partial charge in [0.1, 0.15) is 0 Å². The molecule has 6 heteroatoms. The highest BCUT2D eigenvalue weighted by atomic mass is 19.4. The minimum atomic E-state index is -4.26. The number of hydrogen-bond acceptors (Lipinski definition) is 2. The molecule has 0 rings (SSSR count). The third-order valence-electron chi connectivity index (χ3n) is 2.10. The fraction of sp³-hybridized carbons (Fsp3) is 0.900. The van der Waals surface area contributed by atoms with Crippen molar-refractivity contribution < 1.29 is 18.0 Å². The van der Waals surface area contributed by atoms with E-state index < -0.39 is 24.9 Å². The topological polar surface area (TPSA) is 46.3 Å². The number of alkyl halides is 3. The van der Waals surface area contributed by atoms with Crippen molar-refractivity contribution in [3.05, 3.63) is 0 Å². The Morgan fingerprint density at radius 1 is 1.31 bits per heavy atom. The molecule has 3 nitrogen and oxygen atoms in total. The number of rotatable bonds is 7. The Bertz CT molecular complexity index is 207. The molecule has 0 aromatic rings. The van der Waals surface area contributed by atoms with Gasteiger partial charge >= 0.3 is 6.18 Å². The second-order valence-corrected chi connectivity index (χ2v) is 3.64. The van der Waals surface area contributed by atoms with E-state index in [1.54, 1.807) is 0 Å². The summed E-state index contributed by atoms with van der Waals surface area (Å²) in [6.45, 7) is 3.26. The highest BCUT2D eigenvalue weighted by molar-refractivity contribution is 5.76. The van der Waals surface area contributed by atoms with Gasteiger partial charge in [0.05, 0.1) is 6.42 Å². The fourth-order valence-corrected chi connectivity index (χ4v) is 1.32. The maximum absolute atomic E-state index is 11.9. The highest BCUT2D eigenvalue weighted by Gasteiger charge is 2.28. The van der Waals surface area contributed by atoms with Gasteiger partial charge < -0.3 is 10.6 Å². The summed E-state index contributed by atoms with van der Waals surface area (Å²) < 4.78 is 35.8. The zero-order valence-electron chi connectivity index (χ0n) is 9.52. The van der Waals surface area contributed by atoms with E-state index >= 15 is 0 Å². The largest absolute Gasteiger partial charge is 0.389 e. The van der Waals surface area contributed by atoms with Crippen LogP contribution in [0.25, 0.3) is 0 Å². The zero-order valence-corrected chi connectivity index (χ0v) is 9.52. The molecule has 2 N–H and O–H groups in total. The van der Waals surface area contributed by atoms with Gasteiger partial charge in [0.2, 0.25) is 5.91 Å². The average molecular weight is 240 g/mol. The number of halogens is 3. The lowest BCUT2D eigenvalue weighted by molar-refractivity contribution is -0.149. The highest BCUT2D eigenvalue weighted by Crippen LogP contribution is 2.21. The van der Waals surface area contributed by atoms with E-state index in [-0.39, 0.29) is 0 Å². The Kier molecular flexibility index (Phi) is 7.12. The van der Waals surface area contributed by atoms with Crippen molar-refractivity contribution in [3.8, 4) is 0 Å². The number of nitrogens with zero attached hydrogens (tertiary/aromatic N) is 1. The summed E-state index contributed by atoms with van der Waals surface area (Å²) in [5.74, 6) is -0.437. The molecule has 0 atom stereocenters. The Hall–Kier alpha value is -0.780. The first kappa shape index (κ1) is 15.2. The molecule has 0 radical (unpaired) electrons. The van der Waals surface area contributed by atoms with E-state index in [0.717, 1.165) is 6.42 Å². The lowest BCUT2D eigenvalue weighted by atomic mass is 10.2. The van der Waals surface area contributed by atoms with Crippen molar-refractivity contribution in [1.29, 1.82) is 0 Å². The van der Waals surface area contributed by atoms with Crippen molar-refractivity contribution in [1.82, 2.24) is 4.90 Å². The van der Waals surface area contributed by atoms with Crippen LogP contribution in [0.3, 0.4) is 0 Å². The van der Waals surface area contributed by atoms with E-state index in [2.05, 4.69) is 0 Å². The van der Waals surface area contributed by atoms with E-state index in [0.29, 0.717) is 26.1 Å². The number of carbonyl (C=O) groups is 1. The molecule has 0 heterocycles. The van der Waals surface area contributed by atoms with Gasteiger partial charge in [-0.1, -0.05) is 6.92 Å². The van der Waals surface area contributed by atoms with Crippen LogP contribution in [0.5, 0.6) is 0 Å². The Balaban J connectivity index is 4.05. The standard InChI is InChI=1S/C10H19F3N2O/c1-2-7-15(8-3-6-14)9(16)4-5-10(11,12)13/h2-8,14H2,1H3. The van der Waals surface area contributed by atoms with Gasteiger partial charge in [-0.2, -0.15) is 13.2 Å². The summed E-state index contributed by atoms with van der Waals surface area (Å²) in [5.41, 5.74) is 5.30. The van der Waals surface area contributed by atoms with Crippen LogP contribution in [0.1, 0.15) is 32.6 Å². The van der Waals surface area contributed by atoms with Gasteiger partial charge in [-0.05, 0) is 19.4 Å². The van der Waals surface area contributed by atoms with E-state index in [9.17, 15) is 18.0 Å². The van der Waals surface area contributed by atoms with Gasteiger partial charge in [-0.3, -0.25) is 4.79 Å². The first-order valence-electron chi connectivity index (χ1n) is 5.45. The normalized spacial score (nSPS) is 11.6. The summed E-state index contributed by atoms with van der Waals surface area (Å²) in [7, 11) is 0. The molecule has 96 valence electrons. The predicted octanol–water partition coefficient (Wildman–Crippen LogP) is 1.92. The molecule has 1 amide bonds. The maximum atomic E-state index is 11.9. The van der Waals surface area contributed by atoms with Crippen LogP contribution in [0, 0.1) is 0 Å². The first-order chi connectivity index (χ1) is 7.40. The van der Waals surface area contributed by atoms with Gasteiger partial charge in [-0.25, -0.2) is 0 Å². The van der Waals surface area contributed by atoms with Crippen LogP contribution in [0.2, 0.25) is 0 Å². The maximum Gasteiger partial charge on any atom is 0.389 e. The molecule has 0 aliphatic rings. The van der Waals surface area contributed by atoms with Crippen LogP contribution in [0.4, 0.5) is 13.2 Å². The van der Waals surface area contributed by atoms with Gasteiger partial charge in [-0.15, -0.1) is 0 Å². The Labute approximate surface area is 93.8 Å². The summed E-state index contributed by atoms with van der Waals surface area (Å²) in [6, 6.07) is 0. The number of nitrogens with two attached hydrogens (primary N) is 1. The van der Waals surface area contributed by atoms with Crippen molar-refractivity contribution in [2.75, 3.05) is 19.6 Å². The van der Waals surface area contributed by atoms with Crippen molar-refractivity contribution in [3.63, 3.8) is 0 Å². The first-order valence-corrected chi connectivity index (χ1v) is 5.45. The molecule has 0 spiro atoms. The van der Waals surface area contributed by atoms with Crippen LogP contribution in [-0.2, 0) is 4.79 Å². The number of carbonyl (C=O) groups excluding carboxylic acids is 1. The van der Waals surface area contributed by atoms with E-state index in [4.69, 9.17) is 5.73 Å². The molecule has 0 fully saturated rings. The quantitative estimate of drug-likeness (QED) is 0.739. The smallest absolute Gasteiger partial charge is 0.343 e. The summed E-state index contributed by atoms with van der Waals surface area (Å²) >= 11 is 0. The fourth-order valence-electron chi connectivity index (χ4n) is 1.32. The minimum Gasteiger partial charge on any atom is -0.343 e. The monoisotopic (exact) mass is 240 g/mol. The molecule has 0 aromatic heterocycles. The van der Waals surface area contributed by atoms with E-state index in [1.165, 1.54) is 4.90 Å². The van der Waals surface area contributed by atoms with Gasteiger partial charge in [0.15, 0.2) is 0 Å². The molecule has 0 unspecified atom stereocenters. The zero-order chi connectivity index (χ0) is 12.6. The Morgan fingerprint density at radius 2 is 1.94 bits per heavy atom. The van der Waals surface area contributed by atoms with Crippen molar-refractivity contribution in [2.45, 2.75) is 38.8 Å². The summed E-state index contributed by atoms with van der Waals surface area (Å²) in [6.07, 6.45) is -4.41. The second-order valence-electron chi connectivity index (χ2n) is 3.64. The van der Waals surface area contributed by atoms with E-state index in [1.807, 2.05) is 6.92 Å². The van der Waals surface area contributed by atoms with Crippen LogP contribution >= 0.6 is 0 Å². The second kappa shape index (κ2) is 7.49. The molecular weight excluding hydrogens is 221 g/mol. The van der Waals surface area contributed by atoms with Crippen LogP contribution < -0.4 is 5.73 Å². The lowest BCUT2D eigenvalue weighted by Crippen LogP contribution is -2.34. The third kappa shape index (κ3) is 7.50. The molecule has 0 saturated carbocycles. The summed E-state index contributed by atoms with van der Waals surface area (Å²) in [5, 5.41) is 0. The molecule has 0 saturated heterocycles. The lowest BCUT2D eigenvalue weighted by Gasteiger charge is -2.22. The molecule has 0 bridgehead atoms. The number of amides is 1. The average Bonchev–Trinajstić information content (AvgIpc) is 2.19. The predicted molar refractivity (Wildman–Crippen MR) is 55.8 cm³/mol. The van der Waals surface area contributed by atoms with Crippen LogP contribution in [-0.4, -0.2) is 36.6 Å². The third-order valence-corrected chi connectivity index (χ3v) is 2.10. The van der Waals surface area contributed by atoms with Gasteiger partial charge in [0, 0.05) is 19.5 Å². The Morgan fingerprint density at radius 3 is 2.38 bits per heavy atom. The molecule has 0 aromatic carbocycles. The molecule has 16 heavy (non-hydrogen) atoms. The molecule has 0 aliphatic carbocycles. The van der Waals surface area contributed by atoms with Gasteiger partial charge in [0.25, 0.3) is 0 Å². The van der Waals surface area contributed by atoms with Crippen molar-refractivity contribution >= 4 is 5.91 Å². The molecule has 0 aliphatic heterocycles. The van der Waals surface area contributed by atoms with Crippen LogP contribution in [0.15, 0.2) is 0 Å². The molecular formula is C10H19F3N2O. The SMILES string of the molecule is CCCN(CCCN)C(=O)CCC(F)(F)F. The van der Waals surface area contributed by atoms with Crippen molar-refractivity contribution in [2.24, 2.45) is 5.73 Å². The minimum absolute atomic E-state index is 0.437.